The van der Waals surface area contributed by atoms with Crippen LogP contribution in [0.4, 0.5) is 5.69 Å². The average molecular weight is 377 g/mol. The molecule has 6 heteroatoms. The summed E-state index contributed by atoms with van der Waals surface area (Å²) in [6, 6.07) is 14.0. The second-order valence-corrected chi connectivity index (χ2v) is 8.75. The number of nitrogens with two attached hydrogens (primary N) is 1. The van der Waals surface area contributed by atoms with E-state index < -0.39 is 15.1 Å². The molecule has 0 spiro atoms. The number of hydrogen-bond acceptors (Lipinski definition) is 5. The van der Waals surface area contributed by atoms with Gasteiger partial charge >= 0.3 is 0 Å². The van der Waals surface area contributed by atoms with Crippen LogP contribution >= 0.6 is 0 Å². The lowest BCUT2D eigenvalue weighted by Gasteiger charge is -2.08. The van der Waals surface area contributed by atoms with Crippen LogP contribution in [-0.2, 0) is 9.84 Å². The van der Waals surface area contributed by atoms with Gasteiger partial charge in [-0.1, -0.05) is 30.2 Å². The number of hydrogen-bond donors (Lipinski definition) is 1. The molecular weight excluding hydrogens is 358 g/mol. The predicted molar refractivity (Wildman–Crippen MR) is 107 cm³/mol. The van der Waals surface area contributed by atoms with E-state index in [1.54, 1.807) is 56.6 Å². The fourth-order valence-electron chi connectivity index (χ4n) is 2.40. The van der Waals surface area contributed by atoms with Gasteiger partial charge in [-0.3, -0.25) is 4.98 Å². The third-order valence-electron chi connectivity index (χ3n) is 4.02. The lowest BCUT2D eigenvalue weighted by molar-refractivity contribution is 0.587. The molecule has 3 rings (SSSR count). The highest BCUT2D eigenvalue weighted by Gasteiger charge is 2.18. The molecule has 0 aliphatic carbocycles. The van der Waals surface area contributed by atoms with Gasteiger partial charge in [-0.05, 0) is 44.0 Å². The quantitative estimate of drug-likeness (QED) is 0.559. The molecule has 0 atom stereocenters. The summed E-state index contributed by atoms with van der Waals surface area (Å²) in [5.41, 5.74) is 9.13. The zero-order valence-corrected chi connectivity index (χ0v) is 15.9. The third kappa shape index (κ3) is 4.15. The fourth-order valence-corrected chi connectivity index (χ4v) is 3.45. The molecule has 0 saturated carbocycles. The molecule has 0 saturated heterocycles. The summed E-state index contributed by atoms with van der Waals surface area (Å²) in [5, 5.41) is -0.466. The van der Waals surface area contributed by atoms with Crippen LogP contribution in [0.1, 0.15) is 25.1 Å². The molecule has 0 aliphatic heterocycles. The Kier molecular flexibility index (Phi) is 5.24. The van der Waals surface area contributed by atoms with Gasteiger partial charge in [-0.25, -0.2) is 13.4 Å². The number of anilines is 1. The van der Waals surface area contributed by atoms with Gasteiger partial charge in [-0.15, -0.1) is 0 Å². The van der Waals surface area contributed by atoms with E-state index in [4.69, 9.17) is 5.73 Å². The van der Waals surface area contributed by atoms with Gasteiger partial charge in [-0.2, -0.15) is 0 Å². The highest BCUT2D eigenvalue weighted by Crippen LogP contribution is 2.21. The van der Waals surface area contributed by atoms with Gasteiger partial charge in [0.15, 0.2) is 9.84 Å². The lowest BCUT2D eigenvalue weighted by Crippen LogP contribution is -2.13. The molecule has 0 amide bonds. The van der Waals surface area contributed by atoms with Gasteiger partial charge < -0.3 is 5.73 Å². The minimum Gasteiger partial charge on any atom is -0.398 e. The van der Waals surface area contributed by atoms with Crippen molar-refractivity contribution in [2.24, 2.45) is 0 Å². The van der Waals surface area contributed by atoms with E-state index in [0.717, 1.165) is 11.1 Å². The van der Waals surface area contributed by atoms with Gasteiger partial charge in [0.1, 0.15) is 5.69 Å². The summed E-state index contributed by atoms with van der Waals surface area (Å²) in [5.74, 6) is 5.96. The van der Waals surface area contributed by atoms with Gasteiger partial charge in [0.25, 0.3) is 0 Å². The van der Waals surface area contributed by atoms with E-state index in [1.807, 2.05) is 18.2 Å². The van der Waals surface area contributed by atoms with Crippen LogP contribution in [0.3, 0.4) is 0 Å². The lowest BCUT2D eigenvalue weighted by atomic mass is 10.1. The standard InChI is InChI=1S/C21H19N3O2S/c1-15(2)27(25,26)19-11-8-17(9-12-19)21-14-23-13-18(24-21)10-7-16-5-3-4-6-20(16)22/h3-6,8-9,11-15H,22H2,1-2H3. The van der Waals surface area contributed by atoms with Crippen molar-refractivity contribution in [2.75, 3.05) is 5.73 Å². The smallest absolute Gasteiger partial charge is 0.180 e. The minimum absolute atomic E-state index is 0.296. The Labute approximate surface area is 159 Å². The summed E-state index contributed by atoms with van der Waals surface area (Å²) >= 11 is 0. The van der Waals surface area contributed by atoms with E-state index in [1.165, 1.54) is 0 Å². The molecule has 1 heterocycles. The molecule has 0 aliphatic rings. The number of nitrogen functional groups attached to an aromatic ring is 1. The molecule has 2 aromatic carbocycles. The molecule has 1 aromatic heterocycles. The first-order chi connectivity index (χ1) is 12.9. The molecule has 3 aromatic rings. The van der Waals surface area contributed by atoms with Crippen molar-refractivity contribution >= 4 is 15.5 Å². The largest absolute Gasteiger partial charge is 0.398 e. The van der Waals surface area contributed by atoms with Crippen LogP contribution in [0.25, 0.3) is 11.3 Å². The Bertz CT molecular complexity index is 1130. The van der Waals surface area contributed by atoms with E-state index in [-0.39, 0.29) is 0 Å². The topological polar surface area (TPSA) is 85.9 Å². The Balaban J connectivity index is 1.90. The number of benzene rings is 2. The van der Waals surface area contributed by atoms with E-state index in [2.05, 4.69) is 21.8 Å². The molecule has 0 unspecified atom stereocenters. The SMILES string of the molecule is CC(C)S(=O)(=O)c1ccc(-c2cncc(C#Cc3ccccc3N)n2)cc1. The number of rotatable bonds is 3. The molecule has 27 heavy (non-hydrogen) atoms. The summed E-state index contributed by atoms with van der Waals surface area (Å²) in [6.45, 7) is 3.33. The zero-order chi connectivity index (χ0) is 19.4. The van der Waals surface area contributed by atoms with Crippen LogP contribution < -0.4 is 5.73 Å². The van der Waals surface area contributed by atoms with Crippen molar-refractivity contribution in [3.8, 4) is 23.1 Å². The van der Waals surface area contributed by atoms with Crippen LogP contribution in [0.2, 0.25) is 0 Å². The maximum absolute atomic E-state index is 12.2. The number of sulfone groups is 1. The second-order valence-electron chi connectivity index (χ2n) is 6.24. The van der Waals surface area contributed by atoms with Crippen LogP contribution in [-0.4, -0.2) is 23.6 Å². The fraction of sp³-hybridized carbons (Fsp3) is 0.143. The predicted octanol–water partition coefficient (Wildman–Crippen LogP) is 3.31. The molecular formula is C21H19N3O2S. The molecule has 136 valence electrons. The first-order valence-corrected chi connectivity index (χ1v) is 9.95. The van der Waals surface area contributed by atoms with Crippen molar-refractivity contribution in [1.29, 1.82) is 0 Å². The highest BCUT2D eigenvalue weighted by molar-refractivity contribution is 7.92. The molecule has 0 fully saturated rings. The minimum atomic E-state index is -3.30. The summed E-state index contributed by atoms with van der Waals surface area (Å²) in [6.07, 6.45) is 3.20. The van der Waals surface area contributed by atoms with Crippen LogP contribution in [0.5, 0.6) is 0 Å². The Morgan fingerprint density at radius 1 is 0.963 bits per heavy atom. The highest BCUT2D eigenvalue weighted by atomic mass is 32.2. The Morgan fingerprint density at radius 3 is 2.33 bits per heavy atom. The van der Waals surface area contributed by atoms with Gasteiger partial charge in [0.05, 0.1) is 28.2 Å². The van der Waals surface area contributed by atoms with Crippen molar-refractivity contribution in [2.45, 2.75) is 24.0 Å². The summed E-state index contributed by atoms with van der Waals surface area (Å²) < 4.78 is 24.4. The van der Waals surface area contributed by atoms with Crippen LogP contribution in [0, 0.1) is 11.8 Å². The van der Waals surface area contributed by atoms with Crippen molar-refractivity contribution in [1.82, 2.24) is 9.97 Å². The van der Waals surface area contributed by atoms with Crippen LogP contribution in [0.15, 0.2) is 65.8 Å². The monoisotopic (exact) mass is 377 g/mol. The van der Waals surface area contributed by atoms with E-state index in [9.17, 15) is 8.42 Å². The van der Waals surface area contributed by atoms with Gasteiger partial charge in [0, 0.05) is 16.8 Å². The van der Waals surface area contributed by atoms with E-state index >= 15 is 0 Å². The normalized spacial score (nSPS) is 11.1. The van der Waals surface area contributed by atoms with E-state index in [0.29, 0.717) is 22.0 Å². The third-order valence-corrected chi connectivity index (χ3v) is 6.19. The summed E-state index contributed by atoms with van der Waals surface area (Å²) in [4.78, 5) is 8.96. The summed E-state index contributed by atoms with van der Waals surface area (Å²) in [7, 11) is -3.30. The average Bonchev–Trinajstić information content (AvgIpc) is 2.67. The number of nitrogens with zero attached hydrogens (tertiary/aromatic N) is 2. The molecule has 5 nitrogen and oxygen atoms in total. The molecule has 0 radical (unpaired) electrons. The first-order valence-electron chi connectivity index (χ1n) is 8.41. The Hall–Kier alpha value is -3.17. The zero-order valence-electron chi connectivity index (χ0n) is 15.0. The number of aromatic nitrogens is 2. The molecule has 2 N–H and O–H groups in total. The Morgan fingerprint density at radius 2 is 1.67 bits per heavy atom. The first kappa shape index (κ1) is 18.6. The van der Waals surface area contributed by atoms with Crippen molar-refractivity contribution in [3.63, 3.8) is 0 Å². The van der Waals surface area contributed by atoms with Crippen molar-refractivity contribution in [3.05, 3.63) is 72.2 Å². The maximum Gasteiger partial charge on any atom is 0.180 e. The molecule has 0 bridgehead atoms. The van der Waals surface area contributed by atoms with Gasteiger partial charge in [0.2, 0.25) is 0 Å². The van der Waals surface area contributed by atoms with Crippen molar-refractivity contribution < 1.29 is 8.42 Å². The number of para-hydroxylation sites is 1. The maximum atomic E-state index is 12.2. The second kappa shape index (κ2) is 7.60.